The molecule has 7 heteroatoms. The number of ether oxygens (including phenoxy) is 1. The van der Waals surface area contributed by atoms with Crippen molar-refractivity contribution in [2.24, 2.45) is 5.41 Å². The molecule has 2 aliphatic rings. The largest absolute Gasteiger partial charge is 0.465 e. The molecule has 0 saturated heterocycles. The van der Waals surface area contributed by atoms with Crippen molar-refractivity contribution in [1.29, 1.82) is 5.26 Å². The van der Waals surface area contributed by atoms with Gasteiger partial charge in [0.05, 0.1) is 34.9 Å². The molecule has 0 unspecified atom stereocenters. The number of ketones is 1. The van der Waals surface area contributed by atoms with Gasteiger partial charge in [0.15, 0.2) is 5.78 Å². The summed E-state index contributed by atoms with van der Waals surface area (Å²) in [5.74, 6) is -0.672. The van der Waals surface area contributed by atoms with E-state index in [1.54, 1.807) is 19.1 Å². The summed E-state index contributed by atoms with van der Waals surface area (Å²) in [6, 6.07) is 9.49. The fraction of sp³-hybridized carbons (Fsp3) is 0.409. The van der Waals surface area contributed by atoms with Gasteiger partial charge < -0.3 is 10.1 Å². The maximum Gasteiger partial charge on any atom is 0.316 e. The molecule has 0 fully saturated rings. The Bertz CT molecular complexity index is 942. The molecule has 1 N–H and O–H groups in total. The average molecular weight is 431 g/mol. The Morgan fingerprint density at radius 1 is 1.34 bits per heavy atom. The van der Waals surface area contributed by atoms with Gasteiger partial charge in [0.1, 0.15) is 0 Å². The fourth-order valence-corrected chi connectivity index (χ4v) is 4.80. The number of esters is 1. The molecule has 152 valence electrons. The number of nitriles is 1. The Kier molecular flexibility index (Phi) is 6.40. The average Bonchev–Trinajstić information content (AvgIpc) is 2.65. The van der Waals surface area contributed by atoms with Gasteiger partial charge in [-0.2, -0.15) is 5.26 Å². The van der Waals surface area contributed by atoms with Gasteiger partial charge in [0, 0.05) is 22.7 Å². The number of hydrogen-bond donors (Lipinski definition) is 1. The fourth-order valence-electron chi connectivity index (χ4n) is 3.81. The van der Waals surface area contributed by atoms with E-state index in [9.17, 15) is 14.9 Å². The Hall–Kier alpha value is -2.23. The van der Waals surface area contributed by atoms with Crippen LogP contribution in [-0.2, 0) is 14.3 Å². The minimum atomic E-state index is -0.471. The Balaban J connectivity index is 2.06. The molecule has 29 heavy (non-hydrogen) atoms. The molecule has 1 aliphatic heterocycles. The van der Waals surface area contributed by atoms with Gasteiger partial charge in [-0.05, 0) is 36.5 Å². The van der Waals surface area contributed by atoms with E-state index in [1.165, 1.54) is 11.8 Å². The maximum atomic E-state index is 13.1. The quantitative estimate of drug-likeness (QED) is 0.682. The minimum Gasteiger partial charge on any atom is -0.465 e. The van der Waals surface area contributed by atoms with Gasteiger partial charge in [-0.3, -0.25) is 9.59 Å². The summed E-state index contributed by atoms with van der Waals surface area (Å²) in [4.78, 5) is 24.9. The summed E-state index contributed by atoms with van der Waals surface area (Å²) in [5, 5.41) is 14.4. The van der Waals surface area contributed by atoms with E-state index in [0.717, 1.165) is 11.3 Å². The second-order valence-corrected chi connectivity index (χ2v) is 9.31. The van der Waals surface area contributed by atoms with Crippen LogP contribution in [0.25, 0.3) is 0 Å². The molecular weight excluding hydrogens is 408 g/mol. The number of carbonyl (C=O) groups excluding carboxylic acids is 2. The number of Topliss-reactive ketones (excluding diaryl/α,β-unsaturated/α-hetero) is 1. The van der Waals surface area contributed by atoms with Crippen molar-refractivity contribution < 1.29 is 14.3 Å². The highest BCUT2D eigenvalue weighted by atomic mass is 35.5. The third kappa shape index (κ3) is 4.68. The number of hydrogen-bond acceptors (Lipinski definition) is 6. The zero-order chi connectivity index (χ0) is 21.2. The lowest BCUT2D eigenvalue weighted by molar-refractivity contribution is -0.139. The van der Waals surface area contributed by atoms with Crippen molar-refractivity contribution in [3.05, 3.63) is 56.7 Å². The lowest BCUT2D eigenvalue weighted by atomic mass is 9.69. The van der Waals surface area contributed by atoms with Crippen LogP contribution in [0.5, 0.6) is 0 Å². The normalized spacial score (nSPS) is 20.7. The van der Waals surface area contributed by atoms with Crippen LogP contribution in [0, 0.1) is 16.7 Å². The van der Waals surface area contributed by atoms with Crippen molar-refractivity contribution in [1.82, 2.24) is 5.32 Å². The van der Waals surface area contributed by atoms with Crippen LogP contribution in [0.3, 0.4) is 0 Å². The first-order chi connectivity index (χ1) is 13.8. The molecule has 1 aliphatic carbocycles. The summed E-state index contributed by atoms with van der Waals surface area (Å²) >= 11 is 7.28. The number of thioether (sulfide) groups is 1. The number of rotatable bonds is 5. The van der Waals surface area contributed by atoms with E-state index < -0.39 is 5.92 Å². The monoisotopic (exact) mass is 430 g/mol. The first-order valence-electron chi connectivity index (χ1n) is 9.47. The zero-order valence-corrected chi connectivity index (χ0v) is 18.2. The highest BCUT2D eigenvalue weighted by Crippen LogP contribution is 2.47. The first-order valence-corrected chi connectivity index (χ1v) is 10.8. The standard InChI is InChI=1S/C22H23ClN2O3S/c1-4-28-18(27)12-29-21-15(11-24)19(13-5-7-14(23)8-6-13)20-16(25-21)9-22(2,3)10-17(20)26/h5-8,19,25H,4,9-10,12H2,1-3H3/t19-/m0/s1. The summed E-state index contributed by atoms with van der Waals surface area (Å²) in [7, 11) is 0. The van der Waals surface area contributed by atoms with E-state index in [2.05, 4.69) is 25.2 Å². The molecule has 0 radical (unpaired) electrons. The van der Waals surface area contributed by atoms with Crippen molar-refractivity contribution in [3.8, 4) is 6.07 Å². The number of nitrogens with zero attached hydrogens (tertiary/aromatic N) is 1. The molecule has 0 amide bonds. The summed E-state index contributed by atoms with van der Waals surface area (Å²) in [6.07, 6.45) is 1.13. The van der Waals surface area contributed by atoms with Crippen LogP contribution >= 0.6 is 23.4 Å². The molecule has 0 spiro atoms. The number of allylic oxidation sites excluding steroid dienone is 3. The van der Waals surface area contributed by atoms with Crippen molar-refractivity contribution in [3.63, 3.8) is 0 Å². The number of halogens is 1. The number of carbonyl (C=O) groups is 2. The first kappa shape index (κ1) is 21.5. The third-order valence-corrected chi connectivity index (χ3v) is 6.21. The van der Waals surface area contributed by atoms with Crippen LogP contribution in [0.2, 0.25) is 5.02 Å². The summed E-state index contributed by atoms with van der Waals surface area (Å²) < 4.78 is 5.01. The van der Waals surface area contributed by atoms with Gasteiger partial charge in [0.25, 0.3) is 0 Å². The molecule has 1 aromatic rings. The number of benzene rings is 1. The van der Waals surface area contributed by atoms with E-state index in [0.29, 0.717) is 40.6 Å². The van der Waals surface area contributed by atoms with Crippen LogP contribution in [0.4, 0.5) is 0 Å². The lowest BCUT2D eigenvalue weighted by Crippen LogP contribution is -2.37. The predicted octanol–water partition coefficient (Wildman–Crippen LogP) is 4.70. The molecular formula is C22H23ClN2O3S. The third-order valence-electron chi connectivity index (χ3n) is 4.97. The highest BCUT2D eigenvalue weighted by Gasteiger charge is 2.41. The number of dihydropyridines is 1. The molecule has 0 saturated carbocycles. The van der Waals surface area contributed by atoms with Crippen LogP contribution in [0.15, 0.2) is 46.1 Å². The van der Waals surface area contributed by atoms with Crippen molar-refractivity contribution in [2.75, 3.05) is 12.4 Å². The Labute approximate surface area is 180 Å². The van der Waals surface area contributed by atoms with Gasteiger partial charge in [-0.1, -0.05) is 49.3 Å². The SMILES string of the molecule is CCOC(=O)CSC1=C(C#N)[C@H](c2ccc(Cl)cc2)C2=C(CC(C)(C)CC2=O)N1. The summed E-state index contributed by atoms with van der Waals surface area (Å²) in [5.41, 5.74) is 2.57. The minimum absolute atomic E-state index is 0.0471. The van der Waals surface area contributed by atoms with Crippen LogP contribution < -0.4 is 5.32 Å². The van der Waals surface area contributed by atoms with Crippen LogP contribution in [0.1, 0.15) is 45.1 Å². The van der Waals surface area contributed by atoms with E-state index in [1.807, 2.05) is 12.1 Å². The molecule has 0 aromatic heterocycles. The second-order valence-electron chi connectivity index (χ2n) is 7.89. The van der Waals surface area contributed by atoms with Crippen molar-refractivity contribution >= 4 is 35.1 Å². The highest BCUT2D eigenvalue weighted by molar-refractivity contribution is 8.03. The van der Waals surface area contributed by atoms with Gasteiger partial charge in [-0.25, -0.2) is 0 Å². The van der Waals surface area contributed by atoms with Crippen molar-refractivity contribution in [2.45, 2.75) is 39.5 Å². The molecule has 1 atom stereocenters. The Morgan fingerprint density at radius 2 is 2.03 bits per heavy atom. The molecule has 1 aromatic carbocycles. The molecule has 0 bridgehead atoms. The van der Waals surface area contributed by atoms with E-state index in [-0.39, 0.29) is 22.9 Å². The zero-order valence-electron chi connectivity index (χ0n) is 16.7. The topological polar surface area (TPSA) is 79.2 Å². The smallest absolute Gasteiger partial charge is 0.316 e. The second kappa shape index (κ2) is 8.64. The molecule has 1 heterocycles. The lowest BCUT2D eigenvalue weighted by Gasteiger charge is -2.39. The van der Waals surface area contributed by atoms with Gasteiger partial charge in [-0.15, -0.1) is 0 Å². The molecule has 5 nitrogen and oxygen atoms in total. The van der Waals surface area contributed by atoms with E-state index in [4.69, 9.17) is 16.3 Å². The van der Waals surface area contributed by atoms with Gasteiger partial charge >= 0.3 is 5.97 Å². The Morgan fingerprint density at radius 3 is 2.66 bits per heavy atom. The summed E-state index contributed by atoms with van der Waals surface area (Å²) in [6.45, 7) is 6.18. The van der Waals surface area contributed by atoms with E-state index >= 15 is 0 Å². The predicted molar refractivity (Wildman–Crippen MR) is 114 cm³/mol. The number of nitrogens with one attached hydrogen (secondary N) is 1. The maximum absolute atomic E-state index is 13.1. The molecule has 3 rings (SSSR count). The van der Waals surface area contributed by atoms with Crippen LogP contribution in [-0.4, -0.2) is 24.1 Å². The van der Waals surface area contributed by atoms with Gasteiger partial charge in [0.2, 0.25) is 0 Å².